The van der Waals surface area contributed by atoms with E-state index in [-0.39, 0.29) is 11.8 Å². The van der Waals surface area contributed by atoms with Crippen LogP contribution in [0.2, 0.25) is 0 Å². The number of hydrogen-bond acceptors (Lipinski definition) is 5. The lowest BCUT2D eigenvalue weighted by molar-refractivity contribution is -0.146. The molecule has 0 spiro atoms. The molecular weight excluding hydrogens is 324 g/mol. The first-order valence-electron chi connectivity index (χ1n) is 8.78. The van der Waals surface area contributed by atoms with Gasteiger partial charge in [-0.1, -0.05) is 34.1 Å². The third-order valence-corrected chi connectivity index (χ3v) is 3.68. The van der Waals surface area contributed by atoms with E-state index in [1.807, 2.05) is 27.7 Å². The summed E-state index contributed by atoms with van der Waals surface area (Å²) in [5, 5.41) is 5.31. The van der Waals surface area contributed by atoms with Crippen LogP contribution in [0, 0.1) is 11.8 Å². The Labute approximate surface area is 151 Å². The molecule has 0 aliphatic carbocycles. The second-order valence-corrected chi connectivity index (χ2v) is 7.72. The Morgan fingerprint density at radius 2 is 1.60 bits per heavy atom. The van der Waals surface area contributed by atoms with E-state index in [1.165, 1.54) is 7.11 Å². The molecule has 0 saturated heterocycles. The Bertz CT molecular complexity index is 457. The van der Waals surface area contributed by atoms with Gasteiger partial charge in [0.05, 0.1) is 7.11 Å². The normalized spacial score (nSPS) is 15.1. The topological polar surface area (TPSA) is 93.7 Å². The maximum atomic E-state index is 12.6. The number of carbonyl (C=O) groups excluding carboxylic acids is 3. The Morgan fingerprint density at radius 3 is 2.00 bits per heavy atom. The molecule has 0 aliphatic rings. The molecule has 0 aromatic heterocycles. The van der Waals surface area contributed by atoms with Crippen molar-refractivity contribution in [3.63, 3.8) is 0 Å². The van der Waals surface area contributed by atoms with Crippen LogP contribution >= 0.6 is 0 Å². The van der Waals surface area contributed by atoms with Crippen LogP contribution in [0.4, 0.5) is 4.79 Å². The summed E-state index contributed by atoms with van der Waals surface area (Å²) in [6, 6.07) is -1.54. The standard InChI is InChI=1S/C18H34N2O5/c1-9-12(4)14(16(22)24-8)20-15(21)13(10-11(2)3)19-17(23)25-18(5,6)7/h11-14H,9-10H2,1-8H3,(H,19,23)(H,20,21)/t12-,13+,14-/m0/s1. The zero-order valence-electron chi connectivity index (χ0n) is 16.8. The van der Waals surface area contributed by atoms with Crippen LogP contribution in [0.15, 0.2) is 0 Å². The van der Waals surface area contributed by atoms with E-state index < -0.39 is 35.7 Å². The number of alkyl carbamates (subject to hydrolysis) is 1. The number of rotatable bonds is 8. The highest BCUT2D eigenvalue weighted by Crippen LogP contribution is 2.12. The minimum absolute atomic E-state index is 0.0855. The minimum atomic E-state index is -0.786. The Hall–Kier alpha value is -1.79. The van der Waals surface area contributed by atoms with E-state index in [0.717, 1.165) is 0 Å². The van der Waals surface area contributed by atoms with Crippen molar-refractivity contribution in [2.45, 2.75) is 79.0 Å². The summed E-state index contributed by atoms with van der Waals surface area (Å²) in [4.78, 5) is 36.6. The van der Waals surface area contributed by atoms with Crippen molar-refractivity contribution in [1.29, 1.82) is 0 Å². The van der Waals surface area contributed by atoms with Gasteiger partial charge < -0.3 is 20.1 Å². The van der Waals surface area contributed by atoms with E-state index >= 15 is 0 Å². The van der Waals surface area contributed by atoms with Gasteiger partial charge in [-0.2, -0.15) is 0 Å². The van der Waals surface area contributed by atoms with Gasteiger partial charge in [0.1, 0.15) is 17.7 Å². The zero-order valence-corrected chi connectivity index (χ0v) is 16.8. The van der Waals surface area contributed by atoms with Crippen molar-refractivity contribution in [3.8, 4) is 0 Å². The predicted octanol–water partition coefficient (Wildman–Crippen LogP) is 2.63. The van der Waals surface area contributed by atoms with Crippen LogP contribution in [0.25, 0.3) is 0 Å². The van der Waals surface area contributed by atoms with Crippen molar-refractivity contribution >= 4 is 18.0 Å². The van der Waals surface area contributed by atoms with Crippen molar-refractivity contribution < 1.29 is 23.9 Å². The first kappa shape index (κ1) is 23.2. The fourth-order valence-electron chi connectivity index (χ4n) is 2.20. The minimum Gasteiger partial charge on any atom is -0.467 e. The molecular formula is C18H34N2O5. The molecule has 0 radical (unpaired) electrons. The van der Waals surface area contributed by atoms with Crippen molar-refractivity contribution in [2.75, 3.05) is 7.11 Å². The third-order valence-electron chi connectivity index (χ3n) is 3.68. The fraction of sp³-hybridized carbons (Fsp3) is 0.833. The number of amides is 2. The molecule has 7 heteroatoms. The molecule has 0 saturated carbocycles. The highest BCUT2D eigenvalue weighted by atomic mass is 16.6. The molecule has 2 N–H and O–H groups in total. The molecule has 7 nitrogen and oxygen atoms in total. The molecule has 2 amide bonds. The van der Waals surface area contributed by atoms with Gasteiger partial charge >= 0.3 is 12.1 Å². The average molecular weight is 358 g/mol. The fourth-order valence-corrected chi connectivity index (χ4v) is 2.20. The lowest BCUT2D eigenvalue weighted by atomic mass is 9.97. The van der Waals surface area contributed by atoms with Gasteiger partial charge in [0, 0.05) is 0 Å². The third kappa shape index (κ3) is 9.31. The summed E-state index contributed by atoms with van der Waals surface area (Å²) in [5.74, 6) is -0.831. The summed E-state index contributed by atoms with van der Waals surface area (Å²) < 4.78 is 10.00. The second-order valence-electron chi connectivity index (χ2n) is 7.72. The van der Waals surface area contributed by atoms with E-state index in [1.54, 1.807) is 20.8 Å². The van der Waals surface area contributed by atoms with Crippen LogP contribution in [-0.2, 0) is 19.1 Å². The summed E-state index contributed by atoms with van der Waals surface area (Å²) in [7, 11) is 1.29. The zero-order chi connectivity index (χ0) is 19.8. The van der Waals surface area contributed by atoms with Crippen LogP contribution in [-0.4, -0.2) is 42.8 Å². The molecule has 0 rings (SSSR count). The lowest BCUT2D eigenvalue weighted by Gasteiger charge is -2.27. The predicted molar refractivity (Wildman–Crippen MR) is 96.0 cm³/mol. The number of nitrogens with one attached hydrogen (secondary N) is 2. The van der Waals surface area contributed by atoms with E-state index in [9.17, 15) is 14.4 Å². The Balaban J connectivity index is 5.14. The molecule has 3 atom stereocenters. The number of hydrogen-bond donors (Lipinski definition) is 2. The van der Waals surface area contributed by atoms with Gasteiger partial charge in [-0.15, -0.1) is 0 Å². The summed E-state index contributed by atoms with van der Waals surface area (Å²) in [6.45, 7) is 12.9. The van der Waals surface area contributed by atoms with Crippen molar-refractivity contribution in [3.05, 3.63) is 0 Å². The maximum Gasteiger partial charge on any atom is 0.408 e. The van der Waals surface area contributed by atoms with Gasteiger partial charge in [0.2, 0.25) is 5.91 Å². The molecule has 0 unspecified atom stereocenters. The number of ether oxygens (including phenoxy) is 2. The van der Waals surface area contributed by atoms with Gasteiger partial charge in [0.15, 0.2) is 0 Å². The monoisotopic (exact) mass is 358 g/mol. The molecule has 0 aliphatic heterocycles. The van der Waals surface area contributed by atoms with Crippen LogP contribution in [0.1, 0.15) is 61.3 Å². The van der Waals surface area contributed by atoms with Gasteiger partial charge in [-0.05, 0) is 39.0 Å². The Kier molecular flexibility index (Phi) is 9.52. The molecule has 0 aromatic rings. The van der Waals surface area contributed by atoms with Gasteiger partial charge in [-0.3, -0.25) is 4.79 Å². The smallest absolute Gasteiger partial charge is 0.408 e. The highest BCUT2D eigenvalue weighted by Gasteiger charge is 2.31. The van der Waals surface area contributed by atoms with E-state index in [2.05, 4.69) is 10.6 Å². The quantitative estimate of drug-likeness (QED) is 0.651. The van der Waals surface area contributed by atoms with Crippen molar-refractivity contribution in [2.24, 2.45) is 11.8 Å². The number of methoxy groups -OCH3 is 1. The van der Waals surface area contributed by atoms with Gasteiger partial charge in [0.25, 0.3) is 0 Å². The van der Waals surface area contributed by atoms with Crippen LogP contribution < -0.4 is 10.6 Å². The molecule has 0 fully saturated rings. The molecule has 0 aromatic carbocycles. The number of carbonyl (C=O) groups is 3. The maximum absolute atomic E-state index is 12.6. The lowest BCUT2D eigenvalue weighted by Crippen LogP contribution is -2.54. The SMILES string of the molecule is CC[C@H](C)[C@H](NC(=O)[C@@H](CC(C)C)NC(=O)OC(C)(C)C)C(=O)OC. The van der Waals surface area contributed by atoms with E-state index in [0.29, 0.717) is 12.8 Å². The van der Waals surface area contributed by atoms with Crippen LogP contribution in [0.5, 0.6) is 0 Å². The number of esters is 1. The van der Waals surface area contributed by atoms with Gasteiger partial charge in [-0.25, -0.2) is 9.59 Å². The first-order chi connectivity index (χ1) is 11.4. The highest BCUT2D eigenvalue weighted by molar-refractivity contribution is 5.89. The molecule has 0 bridgehead atoms. The summed E-state index contributed by atoms with van der Waals surface area (Å²) >= 11 is 0. The average Bonchev–Trinajstić information content (AvgIpc) is 2.47. The Morgan fingerprint density at radius 1 is 1.04 bits per heavy atom. The molecule has 0 heterocycles. The van der Waals surface area contributed by atoms with E-state index in [4.69, 9.17) is 9.47 Å². The largest absolute Gasteiger partial charge is 0.467 e. The second kappa shape index (κ2) is 10.3. The molecule has 25 heavy (non-hydrogen) atoms. The summed E-state index contributed by atoms with van der Waals surface area (Å²) in [6.07, 6.45) is 0.472. The van der Waals surface area contributed by atoms with Crippen LogP contribution in [0.3, 0.4) is 0 Å². The van der Waals surface area contributed by atoms with Crippen molar-refractivity contribution in [1.82, 2.24) is 10.6 Å². The molecule has 146 valence electrons. The first-order valence-corrected chi connectivity index (χ1v) is 8.78. The summed E-state index contributed by atoms with van der Waals surface area (Å²) in [5.41, 5.74) is -0.659.